The second-order valence-electron chi connectivity index (χ2n) is 8.57. The fourth-order valence-electron chi connectivity index (χ4n) is 3.98. The van der Waals surface area contributed by atoms with Crippen LogP contribution in [0.2, 0.25) is 0 Å². The van der Waals surface area contributed by atoms with E-state index in [2.05, 4.69) is 22.2 Å². The highest BCUT2D eigenvalue weighted by Gasteiger charge is 2.34. The van der Waals surface area contributed by atoms with Gasteiger partial charge in [0.15, 0.2) is 5.13 Å². The molecule has 1 aliphatic heterocycles. The first kappa shape index (κ1) is 23.3. The Balaban J connectivity index is 1.51. The minimum absolute atomic E-state index is 0.103. The third-order valence-electron chi connectivity index (χ3n) is 6.10. The number of rotatable bonds is 5. The molecular weight excluding hydrogens is 451 g/mol. The molecule has 1 fully saturated rings. The molecule has 1 aromatic carbocycles. The standard InChI is InChI=1S/C23H26F3N5OS/c1-13-7-9-31(10-8-13)20-16(4-6-19(30-20)23(24,25)26)12-28-21(32)14(2)15-3-5-17-18(11-15)33-22(27)29-17/h3-6,11,13-14H,7-10,12H2,1-2H3,(H2,27,29)(H,28,32). The van der Waals surface area contributed by atoms with E-state index in [9.17, 15) is 18.0 Å². The molecule has 4 rings (SSSR count). The zero-order valence-corrected chi connectivity index (χ0v) is 19.3. The Bertz CT molecular complexity index is 1150. The fraction of sp³-hybridized carbons (Fsp3) is 0.435. The molecule has 1 amide bonds. The van der Waals surface area contributed by atoms with E-state index in [1.165, 1.54) is 17.4 Å². The van der Waals surface area contributed by atoms with Crippen molar-refractivity contribution < 1.29 is 18.0 Å². The smallest absolute Gasteiger partial charge is 0.375 e. The van der Waals surface area contributed by atoms with E-state index in [1.807, 2.05) is 23.1 Å². The van der Waals surface area contributed by atoms with Crippen LogP contribution in [0.3, 0.4) is 0 Å². The summed E-state index contributed by atoms with van der Waals surface area (Å²) in [6, 6.07) is 7.96. The van der Waals surface area contributed by atoms with Gasteiger partial charge in [-0.05, 0) is 49.4 Å². The first-order valence-electron chi connectivity index (χ1n) is 10.9. The Morgan fingerprint density at radius 3 is 2.67 bits per heavy atom. The molecule has 1 atom stereocenters. The van der Waals surface area contributed by atoms with Gasteiger partial charge in [-0.15, -0.1) is 0 Å². The summed E-state index contributed by atoms with van der Waals surface area (Å²) in [5.74, 6) is 0.165. The number of piperidine rings is 1. The second-order valence-corrected chi connectivity index (χ2v) is 9.63. The lowest BCUT2D eigenvalue weighted by Gasteiger charge is -2.33. The van der Waals surface area contributed by atoms with Crippen molar-refractivity contribution in [2.24, 2.45) is 5.92 Å². The molecule has 0 bridgehead atoms. The van der Waals surface area contributed by atoms with E-state index in [0.29, 0.717) is 35.5 Å². The van der Waals surface area contributed by atoms with Gasteiger partial charge in [0.1, 0.15) is 11.5 Å². The highest BCUT2D eigenvalue weighted by molar-refractivity contribution is 7.22. The number of aromatic nitrogens is 2. The summed E-state index contributed by atoms with van der Waals surface area (Å²) in [5, 5.41) is 3.34. The maximum absolute atomic E-state index is 13.3. The molecule has 176 valence electrons. The molecule has 3 N–H and O–H groups in total. The van der Waals surface area contributed by atoms with E-state index >= 15 is 0 Å². The molecule has 1 unspecified atom stereocenters. The van der Waals surface area contributed by atoms with Crippen LogP contribution in [0.25, 0.3) is 10.2 Å². The molecule has 0 aliphatic carbocycles. The molecular formula is C23H26F3N5OS. The van der Waals surface area contributed by atoms with Gasteiger partial charge in [-0.2, -0.15) is 13.2 Å². The van der Waals surface area contributed by atoms with Gasteiger partial charge in [0.05, 0.1) is 16.1 Å². The zero-order valence-electron chi connectivity index (χ0n) is 18.4. The van der Waals surface area contributed by atoms with Crippen LogP contribution >= 0.6 is 11.3 Å². The number of fused-ring (bicyclic) bond motifs is 1. The van der Waals surface area contributed by atoms with Gasteiger partial charge in [-0.25, -0.2) is 9.97 Å². The van der Waals surface area contributed by atoms with Crippen LogP contribution in [0.1, 0.15) is 49.4 Å². The van der Waals surface area contributed by atoms with Gasteiger partial charge in [-0.1, -0.05) is 30.4 Å². The average Bonchev–Trinajstić information content (AvgIpc) is 3.16. The summed E-state index contributed by atoms with van der Waals surface area (Å²) in [7, 11) is 0. The molecule has 1 saturated heterocycles. The number of nitrogens with two attached hydrogens (primary N) is 1. The molecule has 0 spiro atoms. The van der Waals surface area contributed by atoms with Gasteiger partial charge in [0, 0.05) is 25.2 Å². The number of nitrogens with one attached hydrogen (secondary N) is 1. The van der Waals surface area contributed by atoms with Crippen molar-refractivity contribution in [1.29, 1.82) is 0 Å². The van der Waals surface area contributed by atoms with Crippen molar-refractivity contribution in [2.75, 3.05) is 23.7 Å². The van der Waals surface area contributed by atoms with Crippen LogP contribution in [-0.2, 0) is 17.5 Å². The Morgan fingerprint density at radius 2 is 1.97 bits per heavy atom. The summed E-state index contributed by atoms with van der Waals surface area (Å²) in [5.41, 5.74) is 7.01. The number of pyridine rings is 1. The minimum Gasteiger partial charge on any atom is -0.375 e. The predicted octanol–water partition coefficient (Wildman–Crippen LogP) is 4.95. The SMILES string of the molecule is CC1CCN(c2nc(C(F)(F)F)ccc2CNC(=O)C(C)c2ccc3nc(N)sc3c2)CC1. The molecule has 33 heavy (non-hydrogen) atoms. The first-order valence-corrected chi connectivity index (χ1v) is 11.7. The molecule has 2 aromatic heterocycles. The normalized spacial score (nSPS) is 16.2. The average molecular weight is 478 g/mol. The largest absolute Gasteiger partial charge is 0.433 e. The summed E-state index contributed by atoms with van der Waals surface area (Å²) < 4.78 is 40.8. The van der Waals surface area contributed by atoms with Crippen LogP contribution in [0, 0.1) is 5.92 Å². The topological polar surface area (TPSA) is 84.1 Å². The number of halogens is 3. The number of thiazole rings is 1. The summed E-state index contributed by atoms with van der Waals surface area (Å²) in [6.45, 7) is 5.32. The third-order valence-corrected chi connectivity index (χ3v) is 6.95. The zero-order chi connectivity index (χ0) is 23.8. The van der Waals surface area contributed by atoms with Crippen molar-refractivity contribution >= 4 is 38.4 Å². The highest BCUT2D eigenvalue weighted by Crippen LogP contribution is 2.32. The number of carbonyl (C=O) groups excluding carboxylic acids is 1. The maximum Gasteiger partial charge on any atom is 0.433 e. The number of nitrogen functional groups attached to an aromatic ring is 1. The molecule has 6 nitrogen and oxygen atoms in total. The van der Waals surface area contributed by atoms with Gasteiger partial charge < -0.3 is 16.0 Å². The maximum atomic E-state index is 13.3. The number of benzene rings is 1. The molecule has 3 heterocycles. The Hall–Kier alpha value is -2.88. The Morgan fingerprint density at radius 1 is 1.24 bits per heavy atom. The molecule has 3 aromatic rings. The Labute approximate surface area is 194 Å². The monoisotopic (exact) mass is 477 g/mol. The quantitative estimate of drug-likeness (QED) is 0.543. The number of anilines is 2. The number of hydrogen-bond donors (Lipinski definition) is 2. The van der Waals surface area contributed by atoms with Crippen molar-refractivity contribution in [3.63, 3.8) is 0 Å². The van der Waals surface area contributed by atoms with Crippen molar-refractivity contribution in [1.82, 2.24) is 15.3 Å². The minimum atomic E-state index is -4.52. The number of amides is 1. The summed E-state index contributed by atoms with van der Waals surface area (Å²) >= 11 is 1.36. The van der Waals surface area contributed by atoms with Gasteiger partial charge in [0.2, 0.25) is 5.91 Å². The van der Waals surface area contributed by atoms with E-state index in [1.54, 1.807) is 6.92 Å². The number of nitrogens with zero attached hydrogens (tertiary/aromatic N) is 3. The van der Waals surface area contributed by atoms with Crippen molar-refractivity contribution in [3.05, 3.63) is 47.2 Å². The predicted molar refractivity (Wildman–Crippen MR) is 124 cm³/mol. The number of carbonyl (C=O) groups is 1. The van der Waals surface area contributed by atoms with Gasteiger partial charge >= 0.3 is 6.18 Å². The van der Waals surface area contributed by atoms with Crippen LogP contribution < -0.4 is 16.0 Å². The molecule has 0 radical (unpaired) electrons. The fourth-order valence-corrected chi connectivity index (χ4v) is 4.77. The van der Waals surface area contributed by atoms with E-state index in [-0.39, 0.29) is 12.5 Å². The first-order chi connectivity index (χ1) is 15.6. The van der Waals surface area contributed by atoms with E-state index < -0.39 is 17.8 Å². The van der Waals surface area contributed by atoms with Crippen molar-refractivity contribution in [3.8, 4) is 0 Å². The van der Waals surface area contributed by atoms with Crippen LogP contribution in [0.5, 0.6) is 0 Å². The lowest BCUT2D eigenvalue weighted by Crippen LogP contribution is -2.35. The van der Waals surface area contributed by atoms with Gasteiger partial charge in [-0.3, -0.25) is 4.79 Å². The van der Waals surface area contributed by atoms with Crippen molar-refractivity contribution in [2.45, 2.75) is 45.3 Å². The van der Waals surface area contributed by atoms with E-state index in [0.717, 1.165) is 34.7 Å². The molecule has 10 heteroatoms. The Kier molecular flexibility index (Phi) is 6.47. The van der Waals surface area contributed by atoms with E-state index in [4.69, 9.17) is 5.73 Å². The highest BCUT2D eigenvalue weighted by atomic mass is 32.1. The number of hydrogen-bond acceptors (Lipinski definition) is 6. The van der Waals surface area contributed by atoms with Crippen LogP contribution in [0.15, 0.2) is 30.3 Å². The lowest BCUT2D eigenvalue weighted by molar-refractivity contribution is -0.141. The van der Waals surface area contributed by atoms with Crippen LogP contribution in [-0.4, -0.2) is 29.0 Å². The lowest BCUT2D eigenvalue weighted by atomic mass is 9.98. The molecule has 1 aliphatic rings. The number of alkyl halides is 3. The van der Waals surface area contributed by atoms with Gasteiger partial charge in [0.25, 0.3) is 0 Å². The third kappa shape index (κ3) is 5.21. The molecule has 0 saturated carbocycles. The second kappa shape index (κ2) is 9.17. The summed E-state index contributed by atoms with van der Waals surface area (Å²) in [4.78, 5) is 22.9. The summed E-state index contributed by atoms with van der Waals surface area (Å²) in [6.07, 6.45) is -2.73. The van der Waals surface area contributed by atoms with Crippen LogP contribution in [0.4, 0.5) is 24.1 Å².